The second-order valence-electron chi connectivity index (χ2n) is 7.97. The summed E-state index contributed by atoms with van der Waals surface area (Å²) in [5, 5.41) is 2.10. The van der Waals surface area contributed by atoms with E-state index in [0.717, 1.165) is 47.2 Å². The van der Waals surface area contributed by atoms with Crippen LogP contribution in [0.15, 0.2) is 34.4 Å². The van der Waals surface area contributed by atoms with Crippen LogP contribution in [0.3, 0.4) is 0 Å². The Balaban J connectivity index is 1.37. The molecule has 2 aliphatic heterocycles. The van der Waals surface area contributed by atoms with Crippen molar-refractivity contribution in [2.75, 3.05) is 13.1 Å². The summed E-state index contributed by atoms with van der Waals surface area (Å²) in [6.07, 6.45) is 2.74. The Labute approximate surface area is 183 Å². The van der Waals surface area contributed by atoms with E-state index in [9.17, 15) is 9.59 Å². The Kier molecular flexibility index (Phi) is 5.30. The smallest absolute Gasteiger partial charge is 0.264 e. The molecular formula is C22H24N4O2S2. The van der Waals surface area contributed by atoms with Gasteiger partial charge in [-0.1, -0.05) is 6.07 Å². The molecule has 8 heteroatoms. The van der Waals surface area contributed by atoms with E-state index in [4.69, 9.17) is 4.98 Å². The van der Waals surface area contributed by atoms with Crippen LogP contribution in [-0.4, -0.2) is 38.8 Å². The van der Waals surface area contributed by atoms with Gasteiger partial charge in [-0.05, 0) is 49.9 Å². The molecule has 1 N–H and O–H groups in total. The molecule has 0 aromatic carbocycles. The van der Waals surface area contributed by atoms with Crippen molar-refractivity contribution in [1.29, 1.82) is 0 Å². The van der Waals surface area contributed by atoms with Crippen molar-refractivity contribution in [3.05, 3.63) is 71.7 Å². The second kappa shape index (κ2) is 8.09. The fourth-order valence-corrected chi connectivity index (χ4v) is 5.97. The minimum atomic E-state index is -0.0992. The number of hydrogen-bond donors (Lipinski definition) is 1. The second-order valence-corrected chi connectivity index (χ2v) is 10.3. The van der Waals surface area contributed by atoms with Gasteiger partial charge in [-0.15, -0.1) is 22.7 Å². The van der Waals surface area contributed by atoms with Gasteiger partial charge < -0.3 is 9.88 Å². The van der Waals surface area contributed by atoms with Crippen LogP contribution in [-0.2, 0) is 19.5 Å². The zero-order chi connectivity index (χ0) is 20.7. The third kappa shape index (κ3) is 3.75. The van der Waals surface area contributed by atoms with Gasteiger partial charge >= 0.3 is 0 Å². The monoisotopic (exact) mass is 440 g/mol. The van der Waals surface area contributed by atoms with Crippen molar-refractivity contribution < 1.29 is 4.79 Å². The van der Waals surface area contributed by atoms with E-state index < -0.39 is 0 Å². The minimum Gasteiger partial charge on any atom is -0.333 e. The maximum absolute atomic E-state index is 12.9. The van der Waals surface area contributed by atoms with Crippen molar-refractivity contribution in [2.45, 2.75) is 45.3 Å². The molecule has 1 amide bonds. The summed E-state index contributed by atoms with van der Waals surface area (Å²) >= 11 is 3.26. The Bertz CT molecular complexity index is 1120. The van der Waals surface area contributed by atoms with Gasteiger partial charge in [0.25, 0.3) is 11.5 Å². The van der Waals surface area contributed by atoms with Crippen LogP contribution < -0.4 is 5.56 Å². The van der Waals surface area contributed by atoms with Crippen molar-refractivity contribution in [3.63, 3.8) is 0 Å². The third-order valence-electron chi connectivity index (χ3n) is 5.94. The Morgan fingerprint density at radius 3 is 2.97 bits per heavy atom. The Hall–Kier alpha value is -2.29. The number of thiophene rings is 2. The topological polar surface area (TPSA) is 69.3 Å². The maximum atomic E-state index is 12.9. The zero-order valence-corrected chi connectivity index (χ0v) is 18.5. The molecule has 0 bridgehead atoms. The number of H-pyrrole nitrogens is 1. The Morgan fingerprint density at radius 1 is 1.30 bits per heavy atom. The van der Waals surface area contributed by atoms with Gasteiger partial charge in [-0.25, -0.2) is 4.98 Å². The molecule has 2 aliphatic rings. The molecule has 156 valence electrons. The first-order chi connectivity index (χ1) is 14.6. The summed E-state index contributed by atoms with van der Waals surface area (Å²) in [6, 6.07) is 8.21. The average molecular weight is 441 g/mol. The fraction of sp³-hybridized carbons (Fsp3) is 0.409. The predicted molar refractivity (Wildman–Crippen MR) is 119 cm³/mol. The van der Waals surface area contributed by atoms with Gasteiger partial charge in [0.1, 0.15) is 5.82 Å². The van der Waals surface area contributed by atoms with Gasteiger partial charge in [0.2, 0.25) is 0 Å². The average Bonchev–Trinajstić information content (AvgIpc) is 3.50. The number of aromatic amines is 1. The number of aromatic nitrogens is 2. The van der Waals surface area contributed by atoms with Crippen LogP contribution >= 0.6 is 22.7 Å². The van der Waals surface area contributed by atoms with E-state index in [0.29, 0.717) is 25.1 Å². The lowest BCUT2D eigenvalue weighted by atomic mass is 10.1. The fourth-order valence-electron chi connectivity index (χ4n) is 4.41. The molecule has 0 saturated carbocycles. The predicted octanol–water partition coefficient (Wildman–Crippen LogP) is 3.74. The van der Waals surface area contributed by atoms with Gasteiger partial charge in [0.05, 0.1) is 28.7 Å². The van der Waals surface area contributed by atoms with Crippen LogP contribution in [0.5, 0.6) is 0 Å². The molecule has 1 atom stereocenters. The summed E-state index contributed by atoms with van der Waals surface area (Å²) < 4.78 is 0. The molecule has 6 nitrogen and oxygen atoms in total. The molecule has 1 fully saturated rings. The molecule has 1 saturated heterocycles. The molecule has 5 heterocycles. The van der Waals surface area contributed by atoms with Gasteiger partial charge in [0, 0.05) is 29.3 Å². The van der Waals surface area contributed by atoms with Crippen LogP contribution in [0.4, 0.5) is 0 Å². The lowest BCUT2D eigenvalue weighted by Crippen LogP contribution is -2.40. The first-order valence-corrected chi connectivity index (χ1v) is 12.0. The molecule has 3 aromatic rings. The van der Waals surface area contributed by atoms with Crippen molar-refractivity contribution in [3.8, 4) is 0 Å². The number of carbonyl (C=O) groups excluding carboxylic acids is 1. The van der Waals surface area contributed by atoms with Crippen molar-refractivity contribution in [1.82, 2.24) is 19.8 Å². The molecule has 30 heavy (non-hydrogen) atoms. The quantitative estimate of drug-likeness (QED) is 0.671. The summed E-state index contributed by atoms with van der Waals surface area (Å²) in [5.74, 6) is 0.779. The molecule has 3 aromatic heterocycles. The summed E-state index contributed by atoms with van der Waals surface area (Å²) in [7, 11) is 0. The Morgan fingerprint density at radius 2 is 2.20 bits per heavy atom. The summed E-state index contributed by atoms with van der Waals surface area (Å²) in [6.45, 7) is 4.84. The number of rotatable bonds is 4. The molecule has 0 radical (unpaired) electrons. The van der Waals surface area contributed by atoms with Crippen LogP contribution in [0.1, 0.15) is 55.4 Å². The minimum absolute atomic E-state index is 0.000132. The molecule has 1 unspecified atom stereocenters. The summed E-state index contributed by atoms with van der Waals surface area (Å²) in [4.78, 5) is 41.0. The third-order valence-corrected chi connectivity index (χ3v) is 7.79. The first-order valence-electron chi connectivity index (χ1n) is 10.3. The van der Waals surface area contributed by atoms with E-state index >= 15 is 0 Å². The number of aryl methyl sites for hydroxylation is 1. The number of nitrogens with one attached hydrogen (secondary N) is 1. The number of nitrogens with zero attached hydrogens (tertiary/aromatic N) is 3. The lowest BCUT2D eigenvalue weighted by molar-refractivity contribution is 0.0737. The highest BCUT2D eigenvalue weighted by Gasteiger charge is 2.31. The van der Waals surface area contributed by atoms with E-state index in [1.54, 1.807) is 16.2 Å². The van der Waals surface area contributed by atoms with Gasteiger partial charge in [0.15, 0.2) is 0 Å². The zero-order valence-electron chi connectivity index (χ0n) is 16.9. The highest BCUT2D eigenvalue weighted by Crippen LogP contribution is 2.32. The first kappa shape index (κ1) is 19.7. The highest BCUT2D eigenvalue weighted by molar-refractivity contribution is 7.13. The molecule has 5 rings (SSSR count). The van der Waals surface area contributed by atoms with Crippen LogP contribution in [0.2, 0.25) is 0 Å². The number of hydrogen-bond acceptors (Lipinski definition) is 6. The summed E-state index contributed by atoms with van der Waals surface area (Å²) in [5.41, 5.74) is 1.38. The lowest BCUT2D eigenvalue weighted by Gasteiger charge is -2.29. The molecular weight excluding hydrogens is 416 g/mol. The van der Waals surface area contributed by atoms with E-state index in [1.165, 1.54) is 16.2 Å². The maximum Gasteiger partial charge on any atom is 0.264 e. The van der Waals surface area contributed by atoms with Gasteiger partial charge in [-0.3, -0.25) is 14.5 Å². The van der Waals surface area contributed by atoms with Crippen LogP contribution in [0, 0.1) is 6.92 Å². The normalized spacial score (nSPS) is 19.2. The number of amides is 1. The van der Waals surface area contributed by atoms with Crippen molar-refractivity contribution >= 4 is 28.6 Å². The van der Waals surface area contributed by atoms with Crippen molar-refractivity contribution in [2.24, 2.45) is 0 Å². The number of likely N-dealkylation sites (tertiary alicyclic amines) is 1. The van der Waals surface area contributed by atoms with Crippen LogP contribution in [0.25, 0.3) is 0 Å². The van der Waals surface area contributed by atoms with Gasteiger partial charge in [-0.2, -0.15) is 0 Å². The standard InChI is InChI=1S/C22H24N4O2S2/c1-14-6-7-19(30-14)22(28)26-10-8-17-16(13-26)21(27)24-20(23-17)18-5-2-9-25(18)12-15-4-3-11-29-15/h3-4,6-7,11,18H,2,5,8-10,12-13H2,1H3,(H,23,24,27). The SMILES string of the molecule is Cc1ccc(C(=O)N2CCc3nc(C4CCCN4Cc4cccs4)[nH]c(=O)c3C2)s1. The number of carbonyl (C=O) groups is 1. The van der Waals surface area contributed by atoms with E-state index in [1.807, 2.05) is 19.1 Å². The largest absolute Gasteiger partial charge is 0.333 e. The van der Waals surface area contributed by atoms with E-state index in [-0.39, 0.29) is 17.5 Å². The molecule has 0 spiro atoms. The highest BCUT2D eigenvalue weighted by atomic mass is 32.1. The number of fused-ring (bicyclic) bond motifs is 1. The van der Waals surface area contributed by atoms with E-state index in [2.05, 4.69) is 27.4 Å². The molecule has 0 aliphatic carbocycles.